The predicted octanol–water partition coefficient (Wildman–Crippen LogP) is 2.33. The quantitative estimate of drug-likeness (QED) is 0.388. The summed E-state index contributed by atoms with van der Waals surface area (Å²) in [6, 6.07) is 6.02. The van der Waals surface area contributed by atoms with Crippen LogP contribution in [-0.4, -0.2) is 69.8 Å². The molecule has 1 aromatic rings. The minimum Gasteiger partial charge on any atom is -0.357 e. The van der Waals surface area contributed by atoms with Gasteiger partial charge in [-0.05, 0) is 39.8 Å². The number of aliphatic imine (C=N–C) groups is 1. The molecule has 1 unspecified atom stereocenters. The van der Waals surface area contributed by atoms with Crippen molar-refractivity contribution in [1.29, 1.82) is 0 Å². The lowest BCUT2D eigenvalue weighted by Crippen LogP contribution is -2.52. The Bertz CT molecular complexity index is 583. The Morgan fingerprint density at radius 2 is 1.96 bits per heavy atom. The summed E-state index contributed by atoms with van der Waals surface area (Å²) in [6.45, 7) is 13.2. The number of hydrogen-bond acceptors (Lipinski definition) is 4. The van der Waals surface area contributed by atoms with Gasteiger partial charge in [0.1, 0.15) is 5.82 Å². The van der Waals surface area contributed by atoms with E-state index >= 15 is 0 Å². The van der Waals surface area contributed by atoms with Crippen LogP contribution in [0.5, 0.6) is 0 Å². The summed E-state index contributed by atoms with van der Waals surface area (Å²) in [4.78, 5) is 13.7. The minimum absolute atomic E-state index is 0. The fraction of sp³-hybridized carbons (Fsp3) is 0.667. The molecule has 1 aliphatic heterocycles. The van der Waals surface area contributed by atoms with Crippen LogP contribution in [-0.2, 0) is 10.8 Å². The van der Waals surface area contributed by atoms with Gasteiger partial charge >= 0.3 is 0 Å². The molecule has 26 heavy (non-hydrogen) atoms. The summed E-state index contributed by atoms with van der Waals surface area (Å²) in [5.41, 5.74) is 0. The number of anilines is 1. The van der Waals surface area contributed by atoms with Crippen LogP contribution in [0.2, 0.25) is 0 Å². The first kappa shape index (κ1) is 23.1. The molecule has 2 heterocycles. The number of pyridine rings is 1. The fourth-order valence-electron chi connectivity index (χ4n) is 2.65. The molecule has 0 bridgehead atoms. The van der Waals surface area contributed by atoms with Crippen LogP contribution < -0.4 is 10.2 Å². The molecule has 0 radical (unpaired) electrons. The van der Waals surface area contributed by atoms with Gasteiger partial charge in [0, 0.05) is 60.2 Å². The van der Waals surface area contributed by atoms with E-state index in [1.807, 2.05) is 39.1 Å². The van der Waals surface area contributed by atoms with Crippen molar-refractivity contribution >= 4 is 46.6 Å². The molecule has 1 aromatic heterocycles. The van der Waals surface area contributed by atoms with Gasteiger partial charge in [-0.1, -0.05) is 6.07 Å². The molecule has 0 amide bonds. The normalized spacial score (nSPS) is 16.8. The Labute approximate surface area is 177 Å². The van der Waals surface area contributed by atoms with Gasteiger partial charge in [-0.25, -0.2) is 4.98 Å². The number of nitrogens with one attached hydrogen (secondary N) is 1. The summed E-state index contributed by atoms with van der Waals surface area (Å²) in [7, 11) is -0.863. The molecule has 0 aromatic carbocycles. The SMILES string of the molecule is CCNC(=NCCS(=O)C(C)(C)C)N1CCN(c2ccccn2)CC1.I. The Hall–Kier alpha value is -0.900. The van der Waals surface area contributed by atoms with Crippen molar-refractivity contribution in [3.63, 3.8) is 0 Å². The number of rotatable bonds is 5. The molecule has 148 valence electrons. The lowest BCUT2D eigenvalue weighted by Gasteiger charge is -2.37. The molecular weight excluding hydrogens is 461 g/mol. The van der Waals surface area contributed by atoms with Crippen molar-refractivity contribution in [1.82, 2.24) is 15.2 Å². The number of aromatic nitrogens is 1. The minimum atomic E-state index is -0.863. The molecule has 1 atom stereocenters. The summed E-state index contributed by atoms with van der Waals surface area (Å²) in [6.07, 6.45) is 1.84. The number of hydrogen-bond donors (Lipinski definition) is 1. The third-order valence-electron chi connectivity index (χ3n) is 4.11. The molecule has 0 spiro atoms. The van der Waals surface area contributed by atoms with Crippen molar-refractivity contribution in [2.45, 2.75) is 32.4 Å². The topological polar surface area (TPSA) is 60.8 Å². The van der Waals surface area contributed by atoms with Crippen molar-refractivity contribution in [2.24, 2.45) is 4.99 Å². The van der Waals surface area contributed by atoms with Gasteiger partial charge in [0.2, 0.25) is 0 Å². The Balaban J connectivity index is 0.00000338. The van der Waals surface area contributed by atoms with Gasteiger partial charge in [0.05, 0.1) is 6.54 Å². The van der Waals surface area contributed by atoms with Crippen molar-refractivity contribution in [3.05, 3.63) is 24.4 Å². The van der Waals surface area contributed by atoms with Gasteiger partial charge in [-0.15, -0.1) is 24.0 Å². The van der Waals surface area contributed by atoms with Gasteiger partial charge in [-0.2, -0.15) is 0 Å². The zero-order chi connectivity index (χ0) is 18.3. The summed E-state index contributed by atoms with van der Waals surface area (Å²) in [5, 5.41) is 3.36. The van der Waals surface area contributed by atoms with Gasteiger partial charge < -0.3 is 15.1 Å². The number of halogens is 1. The molecule has 6 nitrogen and oxygen atoms in total. The highest BCUT2D eigenvalue weighted by Gasteiger charge is 2.21. The second kappa shape index (κ2) is 11.1. The first-order chi connectivity index (χ1) is 11.9. The maximum atomic E-state index is 12.2. The highest BCUT2D eigenvalue weighted by Crippen LogP contribution is 2.13. The average Bonchev–Trinajstić information content (AvgIpc) is 2.61. The third kappa shape index (κ3) is 7.02. The lowest BCUT2D eigenvalue weighted by atomic mass is 10.3. The number of guanidine groups is 1. The molecule has 0 aliphatic carbocycles. The molecule has 2 rings (SSSR count). The van der Waals surface area contributed by atoms with Gasteiger partial charge in [0.15, 0.2) is 5.96 Å². The molecule has 0 saturated carbocycles. The van der Waals surface area contributed by atoms with Crippen molar-refractivity contribution in [3.8, 4) is 0 Å². The van der Waals surface area contributed by atoms with E-state index in [2.05, 4.69) is 33.1 Å². The molecule has 1 N–H and O–H groups in total. The van der Waals surface area contributed by atoms with Crippen molar-refractivity contribution < 1.29 is 4.21 Å². The first-order valence-corrected chi connectivity index (χ1v) is 10.3. The molecule has 1 fully saturated rings. The average molecular weight is 493 g/mol. The largest absolute Gasteiger partial charge is 0.357 e. The predicted molar refractivity (Wildman–Crippen MR) is 122 cm³/mol. The summed E-state index contributed by atoms with van der Waals surface area (Å²) >= 11 is 0. The highest BCUT2D eigenvalue weighted by atomic mass is 127. The van der Waals surface area contributed by atoms with E-state index in [0.29, 0.717) is 12.3 Å². The Morgan fingerprint density at radius 3 is 2.50 bits per heavy atom. The maximum Gasteiger partial charge on any atom is 0.194 e. The van der Waals surface area contributed by atoms with Crippen LogP contribution in [0.25, 0.3) is 0 Å². The van der Waals surface area contributed by atoms with E-state index in [4.69, 9.17) is 4.99 Å². The van der Waals surface area contributed by atoms with Gasteiger partial charge in [-0.3, -0.25) is 9.20 Å². The number of piperazine rings is 1. The molecular formula is C18H32IN5OS. The second-order valence-corrected chi connectivity index (χ2v) is 9.38. The zero-order valence-corrected chi connectivity index (χ0v) is 19.4. The van der Waals surface area contributed by atoms with Crippen LogP contribution >= 0.6 is 24.0 Å². The van der Waals surface area contributed by atoms with Crippen LogP contribution in [0.15, 0.2) is 29.4 Å². The van der Waals surface area contributed by atoms with Gasteiger partial charge in [0.25, 0.3) is 0 Å². The van der Waals surface area contributed by atoms with E-state index in [1.165, 1.54) is 0 Å². The second-order valence-electron chi connectivity index (χ2n) is 7.06. The maximum absolute atomic E-state index is 12.2. The van der Waals surface area contributed by atoms with Crippen LogP contribution in [0.3, 0.4) is 0 Å². The standard InChI is InChI=1S/C18H31N5OS.HI/c1-5-19-17(21-10-15-25(24)18(2,3)4)23-13-11-22(12-14-23)16-8-6-7-9-20-16;/h6-9H,5,10-15H2,1-4H3,(H,19,21);1H. The van der Waals surface area contributed by atoms with E-state index in [9.17, 15) is 4.21 Å². The highest BCUT2D eigenvalue weighted by molar-refractivity contribution is 14.0. The third-order valence-corrected chi connectivity index (χ3v) is 6.03. The van der Waals surface area contributed by atoms with Crippen LogP contribution in [0, 0.1) is 0 Å². The lowest BCUT2D eigenvalue weighted by molar-refractivity contribution is 0.372. The van der Waals surface area contributed by atoms with Crippen molar-refractivity contribution in [2.75, 3.05) is 49.9 Å². The Morgan fingerprint density at radius 1 is 1.27 bits per heavy atom. The molecule has 1 saturated heterocycles. The number of nitrogens with zero attached hydrogens (tertiary/aromatic N) is 4. The monoisotopic (exact) mass is 493 g/mol. The smallest absolute Gasteiger partial charge is 0.194 e. The molecule has 8 heteroatoms. The fourth-order valence-corrected chi connectivity index (χ4v) is 3.52. The van der Waals surface area contributed by atoms with E-state index in [-0.39, 0.29) is 28.7 Å². The van der Waals surface area contributed by atoms with E-state index in [1.54, 1.807) is 0 Å². The summed E-state index contributed by atoms with van der Waals surface area (Å²) in [5.74, 6) is 2.56. The Kier molecular flexibility index (Phi) is 9.84. The molecule has 1 aliphatic rings. The summed E-state index contributed by atoms with van der Waals surface area (Å²) < 4.78 is 12.0. The van der Waals surface area contributed by atoms with Crippen LogP contribution in [0.4, 0.5) is 5.82 Å². The van der Waals surface area contributed by atoms with Crippen LogP contribution in [0.1, 0.15) is 27.7 Å². The van der Waals surface area contributed by atoms with E-state index in [0.717, 1.165) is 44.5 Å². The zero-order valence-electron chi connectivity index (χ0n) is 16.3. The first-order valence-electron chi connectivity index (χ1n) is 8.99. The van der Waals surface area contributed by atoms with E-state index < -0.39 is 10.8 Å².